The van der Waals surface area contributed by atoms with Crippen LogP contribution in [0.2, 0.25) is 0 Å². The van der Waals surface area contributed by atoms with E-state index in [-0.39, 0.29) is 11.7 Å². The van der Waals surface area contributed by atoms with Crippen LogP contribution in [-0.4, -0.2) is 9.45 Å². The molecule has 1 aliphatic heterocycles. The van der Waals surface area contributed by atoms with Gasteiger partial charge in [-0.3, -0.25) is 4.79 Å². The van der Waals surface area contributed by atoms with Crippen LogP contribution >= 0.6 is 35.0 Å². The van der Waals surface area contributed by atoms with Crippen LogP contribution in [-0.2, 0) is 4.79 Å². The Balaban J connectivity index is 2.46. The summed E-state index contributed by atoms with van der Waals surface area (Å²) < 4.78 is -0.487. The first-order chi connectivity index (χ1) is 4.62. The average molecular weight is 197 g/mol. The SMILES string of the molecule is O=C(Cl)CC1(Cl)CC=CS1. The molecular weight excluding hydrogens is 191 g/mol. The van der Waals surface area contributed by atoms with E-state index in [1.165, 1.54) is 11.8 Å². The molecule has 4 heteroatoms. The molecular formula is C6H6Cl2OS. The molecule has 0 aliphatic carbocycles. The first-order valence-electron chi connectivity index (χ1n) is 2.82. The van der Waals surface area contributed by atoms with Crippen LogP contribution < -0.4 is 0 Å². The molecule has 0 bridgehead atoms. The second-order valence-electron chi connectivity index (χ2n) is 2.11. The molecule has 1 rings (SSSR count). The maximum atomic E-state index is 10.4. The van der Waals surface area contributed by atoms with Crippen molar-refractivity contribution in [3.8, 4) is 0 Å². The summed E-state index contributed by atoms with van der Waals surface area (Å²) in [5.74, 6) is 0. The minimum absolute atomic E-state index is 0.230. The Kier molecular flexibility index (Phi) is 2.67. The Bertz CT molecular complexity index is 171. The number of allylic oxidation sites excluding steroid dienone is 1. The summed E-state index contributed by atoms with van der Waals surface area (Å²) in [5, 5.41) is 1.53. The van der Waals surface area contributed by atoms with Crippen LogP contribution in [0.1, 0.15) is 12.8 Å². The molecule has 0 aromatic rings. The second kappa shape index (κ2) is 3.16. The molecule has 0 saturated carbocycles. The number of rotatable bonds is 2. The van der Waals surface area contributed by atoms with Crippen LogP contribution in [0.4, 0.5) is 0 Å². The Morgan fingerprint density at radius 3 is 2.90 bits per heavy atom. The largest absolute Gasteiger partial charge is 0.281 e. The summed E-state index contributed by atoms with van der Waals surface area (Å²) in [7, 11) is 0. The van der Waals surface area contributed by atoms with Crippen LogP contribution in [0.5, 0.6) is 0 Å². The van der Waals surface area contributed by atoms with Gasteiger partial charge in [0.15, 0.2) is 0 Å². The lowest BCUT2D eigenvalue weighted by Gasteiger charge is -2.16. The molecule has 1 aliphatic rings. The van der Waals surface area contributed by atoms with E-state index in [1.807, 2.05) is 11.5 Å². The Labute approximate surface area is 73.8 Å². The molecule has 0 aromatic heterocycles. The number of halogens is 2. The molecule has 0 radical (unpaired) electrons. The highest BCUT2D eigenvalue weighted by Gasteiger charge is 2.31. The average Bonchev–Trinajstić information content (AvgIpc) is 2.12. The van der Waals surface area contributed by atoms with Gasteiger partial charge in [0.2, 0.25) is 5.24 Å². The normalized spacial score (nSPS) is 31.0. The third-order valence-corrected chi connectivity index (χ3v) is 2.95. The van der Waals surface area contributed by atoms with Gasteiger partial charge in [0, 0.05) is 0 Å². The summed E-state index contributed by atoms with van der Waals surface area (Å²) in [4.78, 5) is 10.4. The number of hydrogen-bond acceptors (Lipinski definition) is 2. The van der Waals surface area contributed by atoms with E-state index < -0.39 is 4.21 Å². The zero-order valence-electron chi connectivity index (χ0n) is 5.14. The fourth-order valence-corrected chi connectivity index (χ4v) is 2.35. The van der Waals surface area contributed by atoms with Crippen LogP contribution in [0.25, 0.3) is 0 Å². The Morgan fingerprint density at radius 2 is 2.50 bits per heavy atom. The molecule has 1 unspecified atom stereocenters. The molecule has 1 heterocycles. The van der Waals surface area contributed by atoms with Gasteiger partial charge in [0.25, 0.3) is 0 Å². The van der Waals surface area contributed by atoms with Crippen LogP contribution in [0.3, 0.4) is 0 Å². The van der Waals surface area contributed by atoms with E-state index in [2.05, 4.69) is 0 Å². The number of alkyl halides is 1. The Hall–Kier alpha value is 0.340. The van der Waals surface area contributed by atoms with Crippen molar-refractivity contribution in [1.29, 1.82) is 0 Å². The van der Waals surface area contributed by atoms with Crippen LogP contribution in [0.15, 0.2) is 11.5 Å². The summed E-state index contributed by atoms with van der Waals surface area (Å²) in [6, 6.07) is 0. The molecule has 56 valence electrons. The smallest absolute Gasteiger partial charge is 0.224 e. The third-order valence-electron chi connectivity index (χ3n) is 1.20. The quantitative estimate of drug-likeness (QED) is 0.500. The van der Waals surface area contributed by atoms with Crippen molar-refractivity contribution in [1.82, 2.24) is 0 Å². The molecule has 0 fully saturated rings. The highest BCUT2D eigenvalue weighted by atomic mass is 35.5. The van der Waals surface area contributed by atoms with Crippen molar-refractivity contribution in [2.24, 2.45) is 0 Å². The topological polar surface area (TPSA) is 17.1 Å². The van der Waals surface area contributed by atoms with Crippen molar-refractivity contribution in [2.45, 2.75) is 17.0 Å². The third kappa shape index (κ3) is 2.19. The molecule has 1 nitrogen and oxygen atoms in total. The fourth-order valence-electron chi connectivity index (χ4n) is 0.764. The first-order valence-corrected chi connectivity index (χ1v) is 4.46. The molecule has 10 heavy (non-hydrogen) atoms. The maximum absolute atomic E-state index is 10.4. The van der Waals surface area contributed by atoms with E-state index in [0.717, 1.165) is 6.42 Å². The summed E-state index contributed by atoms with van der Waals surface area (Å²) in [6.45, 7) is 0. The molecule has 0 N–H and O–H groups in total. The zero-order chi connectivity index (χ0) is 7.61. The fraction of sp³-hybridized carbons (Fsp3) is 0.500. The predicted octanol–water partition coefficient (Wildman–Crippen LogP) is 2.73. The lowest BCUT2D eigenvalue weighted by Crippen LogP contribution is -2.14. The van der Waals surface area contributed by atoms with E-state index in [0.29, 0.717) is 0 Å². The number of thioether (sulfide) groups is 1. The number of carbonyl (C=O) groups excluding carboxylic acids is 1. The highest BCUT2D eigenvalue weighted by Crippen LogP contribution is 2.43. The summed E-state index contributed by atoms with van der Waals surface area (Å²) in [5.41, 5.74) is 0. The minimum Gasteiger partial charge on any atom is -0.281 e. The molecule has 0 aromatic carbocycles. The van der Waals surface area contributed by atoms with Gasteiger partial charge >= 0.3 is 0 Å². The number of carbonyl (C=O) groups is 1. The van der Waals surface area contributed by atoms with Gasteiger partial charge in [0.1, 0.15) is 4.21 Å². The number of hydrogen-bond donors (Lipinski definition) is 0. The van der Waals surface area contributed by atoms with Gasteiger partial charge in [-0.25, -0.2) is 0 Å². The van der Waals surface area contributed by atoms with Crippen molar-refractivity contribution >= 4 is 40.2 Å². The van der Waals surface area contributed by atoms with Crippen LogP contribution in [0, 0.1) is 0 Å². The molecule has 0 amide bonds. The predicted molar refractivity (Wildman–Crippen MR) is 45.4 cm³/mol. The van der Waals surface area contributed by atoms with Gasteiger partial charge in [-0.15, -0.1) is 23.4 Å². The van der Waals surface area contributed by atoms with Crippen molar-refractivity contribution in [3.05, 3.63) is 11.5 Å². The van der Waals surface area contributed by atoms with Crippen molar-refractivity contribution < 1.29 is 4.79 Å². The second-order valence-corrected chi connectivity index (χ2v) is 4.77. The van der Waals surface area contributed by atoms with Gasteiger partial charge < -0.3 is 0 Å². The lowest BCUT2D eigenvalue weighted by molar-refractivity contribution is -0.111. The molecule has 0 saturated heterocycles. The zero-order valence-corrected chi connectivity index (χ0v) is 7.47. The van der Waals surface area contributed by atoms with Gasteiger partial charge in [0.05, 0.1) is 6.42 Å². The minimum atomic E-state index is -0.487. The lowest BCUT2D eigenvalue weighted by atomic mass is 10.2. The van der Waals surface area contributed by atoms with Gasteiger partial charge in [-0.2, -0.15) is 0 Å². The summed E-state index contributed by atoms with van der Waals surface area (Å²) >= 11 is 12.6. The molecule has 1 atom stereocenters. The Morgan fingerprint density at radius 1 is 1.80 bits per heavy atom. The summed E-state index contributed by atoms with van der Waals surface area (Å²) in [6.07, 6.45) is 2.89. The van der Waals surface area contributed by atoms with Gasteiger partial charge in [-0.05, 0) is 23.4 Å². The van der Waals surface area contributed by atoms with E-state index in [9.17, 15) is 4.79 Å². The first kappa shape index (κ1) is 8.44. The van der Waals surface area contributed by atoms with Gasteiger partial charge in [-0.1, -0.05) is 6.08 Å². The standard InChI is InChI=1S/C6H6Cl2OS/c7-5(9)4-6(8)2-1-3-10-6/h1,3H,2,4H2. The van der Waals surface area contributed by atoms with E-state index in [4.69, 9.17) is 23.2 Å². The van der Waals surface area contributed by atoms with Crippen molar-refractivity contribution in [3.63, 3.8) is 0 Å². The van der Waals surface area contributed by atoms with Crippen molar-refractivity contribution in [2.75, 3.05) is 0 Å². The highest BCUT2D eigenvalue weighted by molar-refractivity contribution is 8.04. The maximum Gasteiger partial charge on any atom is 0.224 e. The van der Waals surface area contributed by atoms with E-state index >= 15 is 0 Å². The monoisotopic (exact) mass is 196 g/mol. The molecule has 0 spiro atoms. The van der Waals surface area contributed by atoms with E-state index in [1.54, 1.807) is 0 Å².